The number of rotatable bonds is 12. The molecule has 0 aromatic heterocycles. The molecule has 0 aliphatic carbocycles. The summed E-state index contributed by atoms with van der Waals surface area (Å²) in [6, 6.07) is 8.08. The molecule has 4 N–H and O–H groups in total. The number of aliphatic hydroxyl groups is 1. The SMILES string of the molecule is CCOCCOCc1ccc(OCC(O)CNC(C)C)cc1.O=C(O)C(=O)O. The Hall–Kier alpha value is -2.20. The van der Waals surface area contributed by atoms with Crippen molar-refractivity contribution in [1.29, 1.82) is 0 Å². The molecule has 1 aromatic rings. The van der Waals surface area contributed by atoms with Crippen LogP contribution in [0.1, 0.15) is 26.3 Å². The number of nitrogens with one attached hydrogen (secondary N) is 1. The molecule has 0 aliphatic heterocycles. The van der Waals surface area contributed by atoms with Gasteiger partial charge in [0.15, 0.2) is 0 Å². The first-order valence-corrected chi connectivity index (χ1v) is 9.01. The highest BCUT2D eigenvalue weighted by molar-refractivity contribution is 6.27. The van der Waals surface area contributed by atoms with Crippen LogP contribution in [-0.4, -0.2) is 72.4 Å². The molecule has 28 heavy (non-hydrogen) atoms. The Kier molecular flexibility index (Phi) is 14.6. The number of ether oxygens (including phenoxy) is 3. The predicted octanol–water partition coefficient (Wildman–Crippen LogP) is 1.13. The third-order valence-corrected chi connectivity index (χ3v) is 3.16. The van der Waals surface area contributed by atoms with Gasteiger partial charge >= 0.3 is 11.9 Å². The summed E-state index contributed by atoms with van der Waals surface area (Å²) in [5, 5.41) is 27.7. The van der Waals surface area contributed by atoms with Crippen LogP contribution in [-0.2, 0) is 25.7 Å². The van der Waals surface area contributed by atoms with Gasteiger partial charge in [-0.15, -0.1) is 0 Å². The normalized spacial score (nSPS) is 11.5. The van der Waals surface area contributed by atoms with Crippen molar-refractivity contribution in [2.75, 3.05) is 33.0 Å². The van der Waals surface area contributed by atoms with E-state index < -0.39 is 18.0 Å². The second kappa shape index (κ2) is 15.8. The average molecular weight is 401 g/mol. The third-order valence-electron chi connectivity index (χ3n) is 3.16. The molecule has 9 nitrogen and oxygen atoms in total. The number of carbonyl (C=O) groups is 2. The van der Waals surface area contributed by atoms with Crippen LogP contribution in [0.4, 0.5) is 0 Å². The van der Waals surface area contributed by atoms with E-state index >= 15 is 0 Å². The van der Waals surface area contributed by atoms with E-state index in [9.17, 15) is 5.11 Å². The lowest BCUT2D eigenvalue weighted by Gasteiger charge is -2.15. The molecule has 1 aromatic carbocycles. The van der Waals surface area contributed by atoms with Gasteiger partial charge < -0.3 is 34.8 Å². The maximum Gasteiger partial charge on any atom is 0.414 e. The highest BCUT2D eigenvalue weighted by Gasteiger charge is 2.06. The number of benzene rings is 1. The van der Waals surface area contributed by atoms with Crippen molar-refractivity contribution in [3.8, 4) is 5.75 Å². The van der Waals surface area contributed by atoms with E-state index in [1.165, 1.54) is 0 Å². The molecule has 1 rings (SSSR count). The lowest BCUT2D eigenvalue weighted by atomic mass is 10.2. The van der Waals surface area contributed by atoms with Gasteiger partial charge in [0.2, 0.25) is 0 Å². The number of carboxylic acids is 2. The van der Waals surface area contributed by atoms with Crippen molar-refractivity contribution in [1.82, 2.24) is 5.32 Å². The fourth-order valence-electron chi connectivity index (χ4n) is 1.76. The summed E-state index contributed by atoms with van der Waals surface area (Å²) in [6.07, 6.45) is -0.510. The first-order valence-electron chi connectivity index (χ1n) is 9.01. The van der Waals surface area contributed by atoms with E-state index in [4.69, 9.17) is 34.0 Å². The van der Waals surface area contributed by atoms with Gasteiger partial charge in [-0.25, -0.2) is 9.59 Å². The van der Waals surface area contributed by atoms with Gasteiger partial charge in [-0.05, 0) is 24.6 Å². The predicted molar refractivity (Wildman–Crippen MR) is 103 cm³/mol. The molecular formula is C19H31NO8. The van der Waals surface area contributed by atoms with Crippen LogP contribution in [0.3, 0.4) is 0 Å². The molecule has 0 saturated carbocycles. The lowest BCUT2D eigenvalue weighted by molar-refractivity contribution is -0.159. The van der Waals surface area contributed by atoms with Crippen molar-refractivity contribution in [3.63, 3.8) is 0 Å². The molecule has 1 atom stereocenters. The Morgan fingerprint density at radius 1 is 1.04 bits per heavy atom. The van der Waals surface area contributed by atoms with Crippen molar-refractivity contribution in [3.05, 3.63) is 29.8 Å². The van der Waals surface area contributed by atoms with Crippen LogP contribution in [0, 0.1) is 0 Å². The highest BCUT2D eigenvalue weighted by Crippen LogP contribution is 2.13. The Morgan fingerprint density at radius 3 is 2.11 bits per heavy atom. The Morgan fingerprint density at radius 2 is 1.61 bits per heavy atom. The van der Waals surface area contributed by atoms with Crippen molar-refractivity contribution in [2.24, 2.45) is 0 Å². The van der Waals surface area contributed by atoms with Gasteiger partial charge in [0.1, 0.15) is 18.5 Å². The summed E-state index contributed by atoms with van der Waals surface area (Å²) in [5.41, 5.74) is 1.09. The van der Waals surface area contributed by atoms with Crippen LogP contribution in [0.5, 0.6) is 5.75 Å². The van der Waals surface area contributed by atoms with Gasteiger partial charge in [-0.2, -0.15) is 0 Å². The molecular weight excluding hydrogens is 370 g/mol. The van der Waals surface area contributed by atoms with Crippen LogP contribution in [0.2, 0.25) is 0 Å². The summed E-state index contributed by atoms with van der Waals surface area (Å²) < 4.78 is 16.3. The average Bonchev–Trinajstić information content (AvgIpc) is 2.66. The van der Waals surface area contributed by atoms with Crippen LogP contribution >= 0.6 is 0 Å². The Bertz CT molecular complexity index is 535. The Labute approximate surface area is 165 Å². The van der Waals surface area contributed by atoms with E-state index in [1.807, 2.05) is 45.0 Å². The zero-order valence-corrected chi connectivity index (χ0v) is 16.6. The highest BCUT2D eigenvalue weighted by atomic mass is 16.5. The number of carboxylic acid groups (broad SMARTS) is 2. The van der Waals surface area contributed by atoms with E-state index in [-0.39, 0.29) is 6.61 Å². The molecule has 160 valence electrons. The van der Waals surface area contributed by atoms with Gasteiger partial charge in [-0.3, -0.25) is 0 Å². The largest absolute Gasteiger partial charge is 0.491 e. The van der Waals surface area contributed by atoms with E-state index in [1.54, 1.807) is 0 Å². The van der Waals surface area contributed by atoms with Crippen molar-refractivity contribution >= 4 is 11.9 Å². The fourth-order valence-corrected chi connectivity index (χ4v) is 1.76. The summed E-state index contributed by atoms with van der Waals surface area (Å²) in [6.45, 7) is 9.37. The molecule has 0 bridgehead atoms. The zero-order chi connectivity index (χ0) is 21.4. The standard InChI is InChI=1S/C17H29NO4.C2H2O4/c1-4-20-9-10-21-12-15-5-7-17(8-6-15)22-13-16(19)11-18-14(2)3;3-1(4)2(5)6/h5-8,14,16,18-19H,4,9-13H2,1-3H3;(H,3,4)(H,5,6). The second-order valence-corrected chi connectivity index (χ2v) is 6.03. The second-order valence-electron chi connectivity index (χ2n) is 6.03. The Balaban J connectivity index is 0.00000105. The molecule has 0 radical (unpaired) electrons. The number of aliphatic hydroxyl groups excluding tert-OH is 1. The molecule has 9 heteroatoms. The summed E-state index contributed by atoms with van der Waals surface area (Å²) in [7, 11) is 0. The van der Waals surface area contributed by atoms with E-state index in [0.29, 0.717) is 39.0 Å². The van der Waals surface area contributed by atoms with Crippen molar-refractivity contribution in [2.45, 2.75) is 39.5 Å². The van der Waals surface area contributed by atoms with Crippen LogP contribution in [0.15, 0.2) is 24.3 Å². The molecule has 0 spiro atoms. The number of hydrogen-bond acceptors (Lipinski definition) is 7. The number of hydrogen-bond donors (Lipinski definition) is 4. The van der Waals surface area contributed by atoms with Crippen LogP contribution in [0.25, 0.3) is 0 Å². The van der Waals surface area contributed by atoms with Gasteiger partial charge in [0.05, 0.1) is 19.8 Å². The monoisotopic (exact) mass is 401 g/mol. The lowest BCUT2D eigenvalue weighted by Crippen LogP contribution is -2.35. The van der Waals surface area contributed by atoms with Gasteiger partial charge in [-0.1, -0.05) is 26.0 Å². The van der Waals surface area contributed by atoms with Gasteiger partial charge in [0.25, 0.3) is 0 Å². The molecule has 1 unspecified atom stereocenters. The summed E-state index contributed by atoms with van der Waals surface area (Å²) >= 11 is 0. The molecule has 0 aliphatic rings. The van der Waals surface area contributed by atoms with E-state index in [2.05, 4.69) is 5.32 Å². The molecule has 0 saturated heterocycles. The first-order chi connectivity index (χ1) is 13.3. The van der Waals surface area contributed by atoms with Crippen LogP contribution < -0.4 is 10.1 Å². The minimum absolute atomic E-state index is 0.282. The maximum atomic E-state index is 9.78. The smallest absolute Gasteiger partial charge is 0.414 e. The minimum Gasteiger partial charge on any atom is -0.491 e. The topological polar surface area (TPSA) is 135 Å². The third kappa shape index (κ3) is 14.9. The molecule has 0 heterocycles. The van der Waals surface area contributed by atoms with Gasteiger partial charge in [0, 0.05) is 19.2 Å². The summed E-state index contributed by atoms with van der Waals surface area (Å²) in [4.78, 5) is 18.2. The summed E-state index contributed by atoms with van der Waals surface area (Å²) in [5.74, 6) is -2.90. The fraction of sp³-hybridized carbons (Fsp3) is 0.579. The van der Waals surface area contributed by atoms with E-state index in [0.717, 1.165) is 11.3 Å². The first kappa shape index (κ1) is 25.8. The van der Waals surface area contributed by atoms with Crippen molar-refractivity contribution < 1.29 is 39.1 Å². The quantitative estimate of drug-likeness (QED) is 0.300. The number of aliphatic carboxylic acids is 2. The maximum absolute atomic E-state index is 9.78. The molecule has 0 fully saturated rings. The zero-order valence-electron chi connectivity index (χ0n) is 16.6. The molecule has 0 amide bonds. The minimum atomic E-state index is -1.82.